The van der Waals surface area contributed by atoms with Gasteiger partial charge in [-0.1, -0.05) is 5.16 Å². The molecule has 0 fully saturated rings. The second-order valence-corrected chi connectivity index (χ2v) is 6.62. The molecule has 0 aliphatic carbocycles. The molecule has 5 rings (SSSR count). The van der Waals surface area contributed by atoms with Gasteiger partial charge in [-0.05, 0) is 48.5 Å². The van der Waals surface area contributed by atoms with Gasteiger partial charge in [-0.2, -0.15) is 10.1 Å². The third kappa shape index (κ3) is 3.52. The minimum absolute atomic E-state index is 0.190. The summed E-state index contributed by atoms with van der Waals surface area (Å²) in [5.41, 5.74) is 1.85. The Labute approximate surface area is 169 Å². The number of rotatable bonds is 5. The summed E-state index contributed by atoms with van der Waals surface area (Å²) in [6.07, 6.45) is 0.325. The van der Waals surface area contributed by atoms with Crippen LogP contribution < -0.4 is 15.0 Å². The number of aryl methyl sites for hydroxylation is 2. The maximum Gasteiger partial charge on any atom is 0.266 e. The topological polar surface area (TPSA) is 92.3 Å². The molecule has 9 heteroatoms. The number of nitrogens with zero attached hydrogens (tertiary/aromatic N) is 4. The Morgan fingerprint density at radius 3 is 2.63 bits per heavy atom. The molecule has 0 amide bonds. The highest BCUT2D eigenvalue weighted by Crippen LogP contribution is 2.35. The van der Waals surface area contributed by atoms with Crippen molar-refractivity contribution in [2.75, 3.05) is 6.79 Å². The van der Waals surface area contributed by atoms with E-state index in [0.29, 0.717) is 40.9 Å². The predicted octanol–water partition coefficient (Wildman–Crippen LogP) is 3.07. The van der Waals surface area contributed by atoms with Crippen molar-refractivity contribution < 1.29 is 18.4 Å². The van der Waals surface area contributed by atoms with Crippen LogP contribution in [0.2, 0.25) is 0 Å². The summed E-state index contributed by atoms with van der Waals surface area (Å²) in [5.74, 6) is 1.71. The molecule has 1 aliphatic heterocycles. The maximum absolute atomic E-state index is 13.1. The van der Waals surface area contributed by atoms with E-state index in [-0.39, 0.29) is 24.7 Å². The van der Waals surface area contributed by atoms with Gasteiger partial charge in [0.05, 0.1) is 12.2 Å². The van der Waals surface area contributed by atoms with Crippen LogP contribution in [0.25, 0.3) is 22.6 Å². The van der Waals surface area contributed by atoms with Crippen molar-refractivity contribution >= 4 is 0 Å². The van der Waals surface area contributed by atoms with Crippen molar-refractivity contribution in [2.45, 2.75) is 13.0 Å². The lowest BCUT2D eigenvalue weighted by Gasteiger charge is -2.06. The van der Waals surface area contributed by atoms with Crippen LogP contribution in [0.5, 0.6) is 11.5 Å². The van der Waals surface area contributed by atoms with Crippen molar-refractivity contribution in [1.82, 2.24) is 19.9 Å². The van der Waals surface area contributed by atoms with Crippen LogP contribution in [0.3, 0.4) is 0 Å². The highest BCUT2D eigenvalue weighted by molar-refractivity contribution is 5.63. The van der Waals surface area contributed by atoms with Crippen molar-refractivity contribution in [3.63, 3.8) is 0 Å². The number of benzene rings is 2. The predicted molar refractivity (Wildman–Crippen MR) is 103 cm³/mol. The first-order chi connectivity index (χ1) is 14.7. The molecular weight excluding hydrogens is 391 g/mol. The molecule has 30 heavy (non-hydrogen) atoms. The van der Waals surface area contributed by atoms with Crippen LogP contribution in [0, 0.1) is 5.82 Å². The summed E-state index contributed by atoms with van der Waals surface area (Å²) in [6.45, 7) is 0.456. The molecule has 0 spiro atoms. The fraction of sp³-hybridized carbons (Fsp3) is 0.143. The van der Waals surface area contributed by atoms with E-state index in [2.05, 4.69) is 15.2 Å². The minimum atomic E-state index is -0.338. The summed E-state index contributed by atoms with van der Waals surface area (Å²) in [5, 5.41) is 8.34. The van der Waals surface area contributed by atoms with Crippen LogP contribution in [-0.4, -0.2) is 26.7 Å². The van der Waals surface area contributed by atoms with Crippen molar-refractivity contribution in [3.8, 4) is 34.1 Å². The number of hydrogen-bond donors (Lipinski definition) is 0. The standard InChI is InChI=1S/C21H15FN4O4/c22-15-4-1-13(2-5-15)21-23-19(30-25-21)9-10-26-20(27)8-6-16(24-26)14-3-7-17-18(11-14)29-12-28-17/h1-8,11H,9-10,12H2. The van der Waals surface area contributed by atoms with E-state index in [4.69, 9.17) is 14.0 Å². The first-order valence-corrected chi connectivity index (χ1v) is 9.22. The first kappa shape index (κ1) is 18.0. The van der Waals surface area contributed by atoms with Crippen molar-refractivity contribution in [2.24, 2.45) is 0 Å². The van der Waals surface area contributed by atoms with Gasteiger partial charge in [0.2, 0.25) is 18.5 Å². The second kappa shape index (κ2) is 7.43. The number of ether oxygens (including phenoxy) is 2. The molecule has 0 saturated carbocycles. The Balaban J connectivity index is 1.34. The molecule has 3 heterocycles. The van der Waals surface area contributed by atoms with Gasteiger partial charge in [-0.15, -0.1) is 0 Å². The molecule has 2 aromatic carbocycles. The van der Waals surface area contributed by atoms with E-state index < -0.39 is 0 Å². The lowest BCUT2D eigenvalue weighted by atomic mass is 10.1. The third-order valence-corrected chi connectivity index (χ3v) is 4.64. The number of hydrogen-bond acceptors (Lipinski definition) is 7. The van der Waals surface area contributed by atoms with Gasteiger partial charge >= 0.3 is 0 Å². The molecule has 0 atom stereocenters. The minimum Gasteiger partial charge on any atom is -0.454 e. The molecule has 4 aromatic rings. The van der Waals surface area contributed by atoms with Gasteiger partial charge in [0, 0.05) is 23.6 Å². The van der Waals surface area contributed by atoms with E-state index in [0.717, 1.165) is 5.56 Å². The molecular formula is C21H15FN4O4. The van der Waals surface area contributed by atoms with Gasteiger partial charge in [-0.25, -0.2) is 9.07 Å². The Kier molecular flexibility index (Phi) is 4.47. The summed E-state index contributed by atoms with van der Waals surface area (Å²) in [6, 6.07) is 14.4. The highest BCUT2D eigenvalue weighted by atomic mass is 19.1. The largest absolute Gasteiger partial charge is 0.454 e. The van der Waals surface area contributed by atoms with Crippen LogP contribution in [0.1, 0.15) is 5.89 Å². The summed E-state index contributed by atoms with van der Waals surface area (Å²) >= 11 is 0. The number of halogens is 1. The van der Waals surface area contributed by atoms with Crippen LogP contribution in [0.15, 0.2) is 63.9 Å². The molecule has 0 bridgehead atoms. The van der Waals surface area contributed by atoms with Gasteiger partial charge in [-0.3, -0.25) is 4.79 Å². The molecule has 0 radical (unpaired) electrons. The number of aromatic nitrogens is 4. The zero-order chi connectivity index (χ0) is 20.5. The van der Waals surface area contributed by atoms with E-state index in [9.17, 15) is 9.18 Å². The molecule has 2 aromatic heterocycles. The maximum atomic E-state index is 13.1. The molecule has 8 nitrogen and oxygen atoms in total. The van der Waals surface area contributed by atoms with Crippen LogP contribution in [-0.2, 0) is 13.0 Å². The van der Waals surface area contributed by atoms with Gasteiger partial charge in [0.15, 0.2) is 11.5 Å². The van der Waals surface area contributed by atoms with E-state index in [1.807, 2.05) is 18.2 Å². The summed E-state index contributed by atoms with van der Waals surface area (Å²) < 4.78 is 30.4. The Bertz CT molecular complexity index is 1270. The molecule has 0 N–H and O–H groups in total. The Morgan fingerprint density at radius 2 is 1.77 bits per heavy atom. The first-order valence-electron chi connectivity index (χ1n) is 9.22. The lowest BCUT2D eigenvalue weighted by molar-refractivity contribution is 0.174. The van der Waals surface area contributed by atoms with Gasteiger partial charge in [0.25, 0.3) is 5.56 Å². The van der Waals surface area contributed by atoms with E-state index in [1.54, 1.807) is 18.2 Å². The fourth-order valence-electron chi connectivity index (χ4n) is 3.09. The SMILES string of the molecule is O=c1ccc(-c2ccc3c(c2)OCO3)nn1CCc1nc(-c2ccc(F)cc2)no1. The fourth-order valence-corrected chi connectivity index (χ4v) is 3.09. The normalized spacial score (nSPS) is 12.3. The van der Waals surface area contributed by atoms with Gasteiger partial charge in [0.1, 0.15) is 5.82 Å². The third-order valence-electron chi connectivity index (χ3n) is 4.64. The lowest BCUT2D eigenvalue weighted by Crippen LogP contribution is -2.23. The van der Waals surface area contributed by atoms with Crippen molar-refractivity contribution in [3.05, 3.63) is 76.7 Å². The van der Waals surface area contributed by atoms with Crippen molar-refractivity contribution in [1.29, 1.82) is 0 Å². The molecule has 1 aliphatic rings. The molecule has 0 unspecified atom stereocenters. The second-order valence-electron chi connectivity index (χ2n) is 6.62. The monoisotopic (exact) mass is 406 g/mol. The smallest absolute Gasteiger partial charge is 0.266 e. The van der Waals surface area contributed by atoms with E-state index >= 15 is 0 Å². The molecule has 150 valence electrons. The highest BCUT2D eigenvalue weighted by Gasteiger charge is 2.15. The zero-order valence-electron chi connectivity index (χ0n) is 15.6. The average Bonchev–Trinajstić information content (AvgIpc) is 3.43. The average molecular weight is 406 g/mol. The van der Waals surface area contributed by atoms with Crippen LogP contribution >= 0.6 is 0 Å². The summed E-state index contributed by atoms with van der Waals surface area (Å²) in [4.78, 5) is 16.5. The Hall–Kier alpha value is -4.01. The quantitative estimate of drug-likeness (QED) is 0.503. The molecule has 0 saturated heterocycles. The van der Waals surface area contributed by atoms with E-state index in [1.165, 1.54) is 22.9 Å². The summed E-state index contributed by atoms with van der Waals surface area (Å²) in [7, 11) is 0. The Morgan fingerprint density at radius 1 is 0.967 bits per heavy atom. The number of fused-ring (bicyclic) bond motifs is 1. The zero-order valence-corrected chi connectivity index (χ0v) is 15.6. The van der Waals surface area contributed by atoms with Gasteiger partial charge < -0.3 is 14.0 Å². The van der Waals surface area contributed by atoms with Crippen LogP contribution in [0.4, 0.5) is 4.39 Å².